The van der Waals surface area contributed by atoms with Crippen LogP contribution in [-0.4, -0.2) is 48.5 Å². The molecule has 0 aromatic rings. The van der Waals surface area contributed by atoms with Gasteiger partial charge < -0.3 is 14.2 Å². The van der Waals surface area contributed by atoms with Crippen molar-refractivity contribution in [1.82, 2.24) is 10.4 Å². The summed E-state index contributed by atoms with van der Waals surface area (Å²) < 4.78 is 16.6. The van der Waals surface area contributed by atoms with E-state index in [-0.39, 0.29) is 33.9 Å². The SMILES string of the molecule is COC(=O)[C@@H](C)N(NC(=O)O[C@@H]1C[C@@H]2CC[C@@]1(C)C2(C)C)C(=O)O[C@@H]1C[C@@H]2CC[C@@]1(C)C2(C)C. The van der Waals surface area contributed by atoms with Crippen LogP contribution in [0.3, 0.4) is 0 Å². The first-order chi connectivity index (χ1) is 15.7. The summed E-state index contributed by atoms with van der Waals surface area (Å²) >= 11 is 0. The van der Waals surface area contributed by atoms with Gasteiger partial charge in [0, 0.05) is 10.8 Å². The number of amides is 2. The lowest BCUT2D eigenvalue weighted by Gasteiger charge is -2.40. The number of methoxy groups -OCH3 is 1. The van der Waals surface area contributed by atoms with E-state index < -0.39 is 24.2 Å². The molecule has 8 heteroatoms. The molecule has 4 rings (SSSR count). The molecule has 0 saturated heterocycles. The predicted molar refractivity (Wildman–Crippen MR) is 125 cm³/mol. The average Bonchev–Trinajstić information content (AvgIpc) is 3.28. The number of carbonyl (C=O) groups is 3. The van der Waals surface area contributed by atoms with Gasteiger partial charge >= 0.3 is 18.2 Å². The minimum Gasteiger partial charge on any atom is -0.467 e. The van der Waals surface area contributed by atoms with Crippen LogP contribution in [0.4, 0.5) is 9.59 Å². The van der Waals surface area contributed by atoms with Crippen LogP contribution < -0.4 is 5.43 Å². The van der Waals surface area contributed by atoms with Crippen molar-refractivity contribution in [2.45, 2.75) is 105 Å². The Labute approximate surface area is 203 Å². The molecule has 7 atom stereocenters. The molecule has 1 N–H and O–H groups in total. The van der Waals surface area contributed by atoms with Crippen molar-refractivity contribution in [3.8, 4) is 0 Å². The van der Waals surface area contributed by atoms with Crippen LogP contribution >= 0.6 is 0 Å². The van der Waals surface area contributed by atoms with Crippen LogP contribution in [0.25, 0.3) is 0 Å². The molecule has 8 nitrogen and oxygen atoms in total. The van der Waals surface area contributed by atoms with E-state index in [0.717, 1.165) is 43.5 Å². The molecule has 0 unspecified atom stereocenters. The summed E-state index contributed by atoms with van der Waals surface area (Å²) in [6, 6.07) is -1.06. The number of nitrogens with one attached hydrogen (secondary N) is 1. The highest BCUT2D eigenvalue weighted by atomic mass is 16.6. The number of rotatable bonds is 4. The Morgan fingerprint density at radius 1 is 0.853 bits per heavy atom. The number of ether oxygens (including phenoxy) is 3. The number of esters is 1. The number of hydrogen-bond donors (Lipinski definition) is 1. The zero-order chi connectivity index (χ0) is 25.3. The normalized spacial score (nSPS) is 39.4. The Morgan fingerprint density at radius 3 is 1.71 bits per heavy atom. The number of hydrazine groups is 1. The highest BCUT2D eigenvalue weighted by Gasteiger charge is 2.64. The standard InChI is InChI=1S/C26H42N2O6/c1-15(20(29)32-8)28(22(31)34-19-14-17-10-12-26(19,7)24(17,4)5)27-21(30)33-18-13-16-9-11-25(18,6)23(16,2)3/h15-19H,9-14H2,1-8H3,(H,27,30)/t15-,16+,17+,18-,19-,25-,26-/m1/s1. The second-order valence-corrected chi connectivity index (χ2v) is 12.7. The lowest BCUT2D eigenvalue weighted by molar-refractivity contribution is -0.147. The molecule has 0 aromatic heterocycles. The van der Waals surface area contributed by atoms with Crippen LogP contribution in [0.2, 0.25) is 0 Å². The second-order valence-electron chi connectivity index (χ2n) is 12.7. The van der Waals surface area contributed by atoms with Gasteiger partial charge in [0.15, 0.2) is 6.04 Å². The highest BCUT2D eigenvalue weighted by Crippen LogP contribution is 2.67. The Balaban J connectivity index is 1.46. The summed E-state index contributed by atoms with van der Waals surface area (Å²) in [5.74, 6) is 0.346. The van der Waals surface area contributed by atoms with Crippen molar-refractivity contribution in [3.63, 3.8) is 0 Å². The first-order valence-electron chi connectivity index (χ1n) is 12.7. The van der Waals surface area contributed by atoms with Crippen molar-refractivity contribution in [1.29, 1.82) is 0 Å². The molecule has 4 bridgehead atoms. The summed E-state index contributed by atoms with van der Waals surface area (Å²) in [5, 5.41) is 0.928. The van der Waals surface area contributed by atoms with Gasteiger partial charge in [0.25, 0.3) is 0 Å². The zero-order valence-electron chi connectivity index (χ0n) is 22.0. The van der Waals surface area contributed by atoms with Gasteiger partial charge in [-0.15, -0.1) is 0 Å². The minimum absolute atomic E-state index is 0.0626. The fourth-order valence-corrected chi connectivity index (χ4v) is 7.63. The molecule has 192 valence electrons. The van der Waals surface area contributed by atoms with E-state index in [4.69, 9.17) is 14.2 Å². The smallest absolute Gasteiger partial charge is 0.429 e. The van der Waals surface area contributed by atoms with Crippen molar-refractivity contribution < 1.29 is 28.6 Å². The summed E-state index contributed by atoms with van der Waals surface area (Å²) in [6.07, 6.45) is 3.84. The van der Waals surface area contributed by atoms with Gasteiger partial charge in [-0.05, 0) is 68.1 Å². The molecule has 0 aliphatic heterocycles. The highest BCUT2D eigenvalue weighted by molar-refractivity contribution is 5.82. The van der Waals surface area contributed by atoms with Gasteiger partial charge in [-0.2, -0.15) is 0 Å². The summed E-state index contributed by atoms with van der Waals surface area (Å²) in [6.45, 7) is 14.8. The van der Waals surface area contributed by atoms with E-state index in [2.05, 4.69) is 47.0 Å². The molecule has 0 spiro atoms. The van der Waals surface area contributed by atoms with E-state index in [1.165, 1.54) is 14.0 Å². The van der Waals surface area contributed by atoms with Gasteiger partial charge in [0.2, 0.25) is 0 Å². The van der Waals surface area contributed by atoms with Gasteiger partial charge in [-0.1, -0.05) is 41.5 Å². The van der Waals surface area contributed by atoms with E-state index in [1.54, 1.807) is 0 Å². The van der Waals surface area contributed by atoms with E-state index in [9.17, 15) is 14.4 Å². The van der Waals surface area contributed by atoms with Crippen molar-refractivity contribution in [2.75, 3.05) is 7.11 Å². The van der Waals surface area contributed by atoms with Crippen LogP contribution in [0.1, 0.15) is 87.0 Å². The fourth-order valence-electron chi connectivity index (χ4n) is 7.63. The quantitative estimate of drug-likeness (QED) is 0.345. The van der Waals surface area contributed by atoms with E-state index >= 15 is 0 Å². The third-order valence-electron chi connectivity index (χ3n) is 11.3. The van der Waals surface area contributed by atoms with Crippen molar-refractivity contribution in [2.24, 2.45) is 33.5 Å². The van der Waals surface area contributed by atoms with Crippen LogP contribution in [0.5, 0.6) is 0 Å². The Hall–Kier alpha value is -1.99. The van der Waals surface area contributed by atoms with Gasteiger partial charge in [-0.3, -0.25) is 0 Å². The lowest BCUT2D eigenvalue weighted by atomic mass is 9.70. The lowest BCUT2D eigenvalue weighted by Crippen LogP contribution is -2.56. The summed E-state index contributed by atoms with van der Waals surface area (Å²) in [5.41, 5.74) is 2.40. The van der Waals surface area contributed by atoms with E-state index in [1.807, 2.05) is 0 Å². The first-order valence-corrected chi connectivity index (χ1v) is 12.7. The van der Waals surface area contributed by atoms with Gasteiger partial charge in [0.05, 0.1) is 7.11 Å². The zero-order valence-corrected chi connectivity index (χ0v) is 22.0. The molecule has 4 saturated carbocycles. The average molecular weight is 479 g/mol. The van der Waals surface area contributed by atoms with Gasteiger partial charge in [-0.25, -0.2) is 24.8 Å². The fraction of sp³-hybridized carbons (Fsp3) is 0.885. The molecule has 4 fully saturated rings. The number of carbonyl (C=O) groups excluding carboxylic acids is 3. The minimum atomic E-state index is -1.06. The number of fused-ring (bicyclic) bond motifs is 4. The van der Waals surface area contributed by atoms with Crippen LogP contribution in [0.15, 0.2) is 0 Å². The monoisotopic (exact) mass is 478 g/mol. The number of hydrogen-bond acceptors (Lipinski definition) is 6. The molecule has 2 amide bonds. The maximum atomic E-state index is 13.3. The topological polar surface area (TPSA) is 94.2 Å². The molecule has 0 radical (unpaired) electrons. The molecular weight excluding hydrogens is 436 g/mol. The maximum absolute atomic E-state index is 13.3. The molecule has 4 aliphatic carbocycles. The van der Waals surface area contributed by atoms with Crippen molar-refractivity contribution in [3.05, 3.63) is 0 Å². The van der Waals surface area contributed by atoms with Gasteiger partial charge in [0.1, 0.15) is 12.2 Å². The largest absolute Gasteiger partial charge is 0.467 e. The second kappa shape index (κ2) is 8.02. The summed E-state index contributed by atoms with van der Waals surface area (Å²) in [4.78, 5) is 38.5. The molecule has 34 heavy (non-hydrogen) atoms. The Bertz CT molecular complexity index is 871. The molecule has 4 aliphatic rings. The third kappa shape index (κ3) is 3.41. The predicted octanol–water partition coefficient (Wildman–Crippen LogP) is 5.06. The molecule has 0 heterocycles. The van der Waals surface area contributed by atoms with Crippen LogP contribution in [-0.2, 0) is 19.0 Å². The van der Waals surface area contributed by atoms with E-state index in [0.29, 0.717) is 11.8 Å². The van der Waals surface area contributed by atoms with Crippen LogP contribution in [0, 0.1) is 33.5 Å². The molecule has 0 aromatic carbocycles. The third-order valence-corrected chi connectivity index (χ3v) is 11.3. The maximum Gasteiger partial charge on any atom is 0.429 e. The number of nitrogens with zero attached hydrogens (tertiary/aromatic N) is 1. The Morgan fingerprint density at radius 2 is 1.32 bits per heavy atom. The Kier molecular flexibility index (Phi) is 5.92. The van der Waals surface area contributed by atoms with Crippen molar-refractivity contribution >= 4 is 18.2 Å². The summed E-state index contributed by atoms with van der Waals surface area (Å²) in [7, 11) is 1.25. The first kappa shape index (κ1) is 25.1. The molecular formula is C26H42N2O6.